The number of esters is 4. The lowest BCUT2D eigenvalue weighted by Crippen LogP contribution is -2.30. The molecule has 17 nitrogen and oxygen atoms in total. The van der Waals surface area contributed by atoms with Crippen molar-refractivity contribution >= 4 is 39.5 Å². The predicted octanol–water partition coefficient (Wildman–Crippen LogP) is 20.8. The molecule has 0 aromatic heterocycles. The minimum atomic E-state index is -4.95. The zero-order valence-electron chi connectivity index (χ0n) is 59.1. The summed E-state index contributed by atoms with van der Waals surface area (Å²) < 4.78 is 68.3. The molecule has 0 heterocycles. The van der Waals surface area contributed by atoms with Crippen molar-refractivity contribution in [3.05, 3.63) is 0 Å². The second kappa shape index (κ2) is 64.1. The van der Waals surface area contributed by atoms with E-state index in [9.17, 15) is 43.2 Å². The highest BCUT2D eigenvalue weighted by atomic mass is 31.2. The van der Waals surface area contributed by atoms with E-state index in [-0.39, 0.29) is 25.7 Å². The van der Waals surface area contributed by atoms with Gasteiger partial charge in [-0.3, -0.25) is 37.3 Å². The maximum atomic E-state index is 13.0. The van der Waals surface area contributed by atoms with Crippen molar-refractivity contribution in [2.24, 2.45) is 11.8 Å². The minimum Gasteiger partial charge on any atom is -0.462 e. The van der Waals surface area contributed by atoms with E-state index < -0.39 is 97.5 Å². The second-order valence-electron chi connectivity index (χ2n) is 26.9. The summed E-state index contributed by atoms with van der Waals surface area (Å²) >= 11 is 0. The summed E-state index contributed by atoms with van der Waals surface area (Å²) in [5.74, 6) is -0.538. The average molecular weight is 1340 g/mol. The fourth-order valence-corrected chi connectivity index (χ4v) is 12.5. The van der Waals surface area contributed by atoms with Crippen LogP contribution < -0.4 is 0 Å². The van der Waals surface area contributed by atoms with Gasteiger partial charge in [-0.25, -0.2) is 9.13 Å². The molecule has 3 N–H and O–H groups in total. The third kappa shape index (κ3) is 66.5. The van der Waals surface area contributed by atoms with E-state index in [0.29, 0.717) is 25.7 Å². The molecule has 0 saturated carbocycles. The van der Waals surface area contributed by atoms with Crippen LogP contribution in [0.15, 0.2) is 0 Å². The number of phosphoric ester groups is 2. The lowest BCUT2D eigenvalue weighted by Gasteiger charge is -2.21. The van der Waals surface area contributed by atoms with Gasteiger partial charge in [0.25, 0.3) is 0 Å². The van der Waals surface area contributed by atoms with Crippen LogP contribution in [0.1, 0.15) is 369 Å². The number of ether oxygens (including phenoxy) is 4. The van der Waals surface area contributed by atoms with Gasteiger partial charge >= 0.3 is 39.5 Å². The zero-order chi connectivity index (χ0) is 67.2. The standard InChI is InChI=1S/C72H140O17P2/c1-7-9-11-13-15-16-24-32-38-44-50-56-71(76)88-67(60-82-69(74)54-48-42-34-14-12-10-8-2)62-86-90(78,79)84-58-66(73)59-85-91(80,81)87-63-68(61-83-70(75)55-49-43-37-31-27-23-19-21-26-30-36-41-47-53-65(5)6)89-72(77)57-51-45-39-33-28-22-18-17-20-25-29-35-40-46-52-64(3)4/h64-68,73H,7-63H2,1-6H3,(H,78,79)(H,80,81)/t66-,67+,68+/m0/s1. The molecule has 0 bridgehead atoms. The summed E-state index contributed by atoms with van der Waals surface area (Å²) in [5, 5.41) is 10.6. The molecule has 540 valence electrons. The van der Waals surface area contributed by atoms with Crippen LogP contribution >= 0.6 is 15.6 Å². The number of hydrogen-bond donors (Lipinski definition) is 3. The monoisotopic (exact) mass is 1340 g/mol. The SMILES string of the molecule is CCCCCCCCCCCCCC(=O)O[C@H](COC(=O)CCCCCCCCC)COP(=O)(O)OC[C@H](O)COP(=O)(O)OC[C@@H](COC(=O)CCCCCCCCCCCCCCCC(C)C)OC(=O)CCCCCCCCCCCCCCCCC(C)C. The number of aliphatic hydroxyl groups is 1. The summed E-state index contributed by atoms with van der Waals surface area (Å²) in [6.45, 7) is 9.56. The summed E-state index contributed by atoms with van der Waals surface area (Å²) in [7, 11) is -9.90. The number of hydrogen-bond acceptors (Lipinski definition) is 15. The number of carbonyl (C=O) groups excluding carboxylic acids is 4. The molecule has 91 heavy (non-hydrogen) atoms. The molecule has 5 atom stereocenters. The van der Waals surface area contributed by atoms with Gasteiger partial charge in [-0.15, -0.1) is 0 Å². The smallest absolute Gasteiger partial charge is 0.462 e. The Morgan fingerprint density at radius 1 is 0.297 bits per heavy atom. The zero-order valence-corrected chi connectivity index (χ0v) is 60.9. The Morgan fingerprint density at radius 2 is 0.505 bits per heavy atom. The van der Waals surface area contributed by atoms with Crippen molar-refractivity contribution in [3.8, 4) is 0 Å². The van der Waals surface area contributed by atoms with Crippen LogP contribution in [-0.4, -0.2) is 96.7 Å². The van der Waals surface area contributed by atoms with Gasteiger partial charge in [-0.2, -0.15) is 0 Å². The topological polar surface area (TPSA) is 237 Å². The van der Waals surface area contributed by atoms with Crippen LogP contribution in [0.4, 0.5) is 0 Å². The lowest BCUT2D eigenvalue weighted by atomic mass is 10.0. The Kier molecular flexibility index (Phi) is 62.7. The van der Waals surface area contributed by atoms with Crippen LogP contribution in [0.25, 0.3) is 0 Å². The quantitative estimate of drug-likeness (QED) is 0.0222. The maximum absolute atomic E-state index is 13.0. The van der Waals surface area contributed by atoms with Crippen molar-refractivity contribution in [2.75, 3.05) is 39.6 Å². The van der Waals surface area contributed by atoms with Gasteiger partial charge in [0.15, 0.2) is 12.2 Å². The van der Waals surface area contributed by atoms with E-state index in [2.05, 4.69) is 41.5 Å². The summed E-state index contributed by atoms with van der Waals surface area (Å²) in [6.07, 6.45) is 50.0. The van der Waals surface area contributed by atoms with Gasteiger partial charge in [-0.05, 0) is 37.5 Å². The highest BCUT2D eigenvalue weighted by Gasteiger charge is 2.30. The molecule has 0 aliphatic carbocycles. The first-order valence-corrected chi connectivity index (χ1v) is 40.5. The maximum Gasteiger partial charge on any atom is 0.472 e. The molecular formula is C72H140O17P2. The Labute approximate surface area is 556 Å². The Bertz CT molecular complexity index is 1770. The first-order valence-electron chi connectivity index (χ1n) is 37.5. The van der Waals surface area contributed by atoms with Gasteiger partial charge < -0.3 is 33.8 Å². The molecule has 0 aliphatic rings. The number of unbranched alkanes of at least 4 members (excludes halogenated alkanes) is 41. The van der Waals surface area contributed by atoms with E-state index >= 15 is 0 Å². The molecule has 0 radical (unpaired) electrons. The lowest BCUT2D eigenvalue weighted by molar-refractivity contribution is -0.161. The largest absolute Gasteiger partial charge is 0.472 e. The van der Waals surface area contributed by atoms with Crippen molar-refractivity contribution < 1.29 is 80.2 Å². The summed E-state index contributed by atoms with van der Waals surface area (Å²) in [6, 6.07) is 0. The van der Waals surface area contributed by atoms with Crippen molar-refractivity contribution in [1.82, 2.24) is 0 Å². The molecule has 0 aliphatic heterocycles. The van der Waals surface area contributed by atoms with E-state index in [4.69, 9.17) is 37.0 Å². The summed E-state index contributed by atoms with van der Waals surface area (Å²) in [4.78, 5) is 72.5. The predicted molar refractivity (Wildman–Crippen MR) is 368 cm³/mol. The molecule has 0 aromatic rings. The average Bonchev–Trinajstić information content (AvgIpc) is 3.58. The van der Waals surface area contributed by atoms with Crippen molar-refractivity contribution in [1.29, 1.82) is 0 Å². The van der Waals surface area contributed by atoms with E-state index in [1.165, 1.54) is 173 Å². The molecule has 0 amide bonds. The molecular weight excluding hydrogens is 1200 g/mol. The first-order chi connectivity index (χ1) is 43.9. The highest BCUT2D eigenvalue weighted by Crippen LogP contribution is 2.45. The Balaban J connectivity index is 5.20. The Morgan fingerprint density at radius 3 is 0.747 bits per heavy atom. The second-order valence-corrected chi connectivity index (χ2v) is 29.8. The van der Waals surface area contributed by atoms with Crippen LogP contribution in [-0.2, 0) is 65.4 Å². The fourth-order valence-electron chi connectivity index (χ4n) is 10.9. The van der Waals surface area contributed by atoms with Crippen molar-refractivity contribution in [2.45, 2.75) is 387 Å². The Hall–Kier alpha value is -1.94. The number of aliphatic hydroxyl groups excluding tert-OH is 1. The first kappa shape index (κ1) is 89.1. The van der Waals surface area contributed by atoms with Gasteiger partial charge in [0.05, 0.1) is 26.4 Å². The molecule has 0 spiro atoms. The van der Waals surface area contributed by atoms with Crippen LogP contribution in [0, 0.1) is 11.8 Å². The third-order valence-corrected chi connectivity index (χ3v) is 18.6. The summed E-state index contributed by atoms with van der Waals surface area (Å²) in [5.41, 5.74) is 0. The van der Waals surface area contributed by atoms with E-state index in [1.54, 1.807) is 0 Å². The molecule has 0 rings (SSSR count). The van der Waals surface area contributed by atoms with Crippen LogP contribution in [0.3, 0.4) is 0 Å². The van der Waals surface area contributed by atoms with Crippen molar-refractivity contribution in [3.63, 3.8) is 0 Å². The van der Waals surface area contributed by atoms with Gasteiger partial charge in [0.1, 0.15) is 19.3 Å². The highest BCUT2D eigenvalue weighted by molar-refractivity contribution is 7.47. The van der Waals surface area contributed by atoms with E-state index in [0.717, 1.165) is 115 Å². The number of rotatable bonds is 71. The number of phosphoric acid groups is 2. The minimum absolute atomic E-state index is 0.107. The fraction of sp³-hybridized carbons (Fsp3) is 0.944. The van der Waals surface area contributed by atoms with Crippen LogP contribution in [0.5, 0.6) is 0 Å². The number of carbonyl (C=O) groups is 4. The molecule has 0 fully saturated rings. The molecule has 19 heteroatoms. The van der Waals surface area contributed by atoms with Gasteiger partial charge in [-0.1, -0.05) is 318 Å². The third-order valence-electron chi connectivity index (χ3n) is 16.7. The normalized spacial score (nSPS) is 14.1. The van der Waals surface area contributed by atoms with Gasteiger partial charge in [0, 0.05) is 25.7 Å². The van der Waals surface area contributed by atoms with Gasteiger partial charge in [0.2, 0.25) is 0 Å². The molecule has 2 unspecified atom stereocenters. The molecule has 0 saturated heterocycles. The van der Waals surface area contributed by atoms with Crippen LogP contribution in [0.2, 0.25) is 0 Å². The molecule has 0 aromatic carbocycles. The van der Waals surface area contributed by atoms with E-state index in [1.807, 2.05) is 0 Å².